The summed E-state index contributed by atoms with van der Waals surface area (Å²) in [4.78, 5) is 31.8. The number of amides is 2. The van der Waals surface area contributed by atoms with Crippen LogP contribution in [0.25, 0.3) is 0 Å². The van der Waals surface area contributed by atoms with Gasteiger partial charge in [0, 0.05) is 24.0 Å². The normalized spacial score (nSPS) is 21.6. The molecule has 3 heterocycles. The first kappa shape index (κ1) is 18.2. The third kappa shape index (κ3) is 2.89. The van der Waals surface area contributed by atoms with E-state index >= 15 is 0 Å². The Bertz CT molecular complexity index is 850. The van der Waals surface area contributed by atoms with E-state index in [9.17, 15) is 9.59 Å². The van der Waals surface area contributed by atoms with Crippen LogP contribution in [0.5, 0.6) is 0 Å². The molecule has 0 bridgehead atoms. The number of piperidine rings is 1. The monoisotopic (exact) mass is 382 g/mol. The quantitative estimate of drug-likeness (QED) is 0.744. The SMILES string of the molecule is Cc1ccc(C(=O)N2CCC3(CC2)C(=O)N(C(C)C)C3c2ccccc2)s1. The van der Waals surface area contributed by atoms with Gasteiger partial charge in [-0.05, 0) is 51.3 Å². The van der Waals surface area contributed by atoms with Crippen molar-refractivity contribution in [3.8, 4) is 0 Å². The average Bonchev–Trinajstić information content (AvgIpc) is 3.11. The summed E-state index contributed by atoms with van der Waals surface area (Å²) in [7, 11) is 0. The van der Waals surface area contributed by atoms with E-state index in [0.29, 0.717) is 13.1 Å². The molecule has 0 radical (unpaired) electrons. The summed E-state index contributed by atoms with van der Waals surface area (Å²) in [6.07, 6.45) is 1.48. The van der Waals surface area contributed by atoms with Crippen LogP contribution in [0, 0.1) is 12.3 Å². The lowest BCUT2D eigenvalue weighted by atomic mass is 9.61. The molecule has 5 heteroatoms. The molecule has 27 heavy (non-hydrogen) atoms. The number of likely N-dealkylation sites (tertiary alicyclic amines) is 2. The molecule has 2 aliphatic rings. The van der Waals surface area contributed by atoms with Crippen LogP contribution in [0.2, 0.25) is 0 Å². The van der Waals surface area contributed by atoms with Gasteiger partial charge < -0.3 is 9.80 Å². The maximum Gasteiger partial charge on any atom is 0.263 e. The molecule has 4 nitrogen and oxygen atoms in total. The summed E-state index contributed by atoms with van der Waals surface area (Å²) in [5, 5.41) is 0. The number of hydrogen-bond acceptors (Lipinski definition) is 3. The van der Waals surface area contributed by atoms with E-state index in [-0.39, 0.29) is 29.3 Å². The zero-order valence-electron chi connectivity index (χ0n) is 16.1. The third-order valence-corrected chi connectivity index (χ3v) is 7.02. The van der Waals surface area contributed by atoms with Crippen LogP contribution < -0.4 is 0 Å². The van der Waals surface area contributed by atoms with E-state index in [2.05, 4.69) is 26.0 Å². The molecule has 2 fully saturated rings. The van der Waals surface area contributed by atoms with E-state index in [1.54, 1.807) is 11.3 Å². The minimum absolute atomic E-state index is 0.103. The molecule has 1 spiro atoms. The summed E-state index contributed by atoms with van der Waals surface area (Å²) in [5.41, 5.74) is 0.854. The molecule has 4 rings (SSSR count). The van der Waals surface area contributed by atoms with Gasteiger partial charge in [-0.15, -0.1) is 11.3 Å². The Kier molecular flexibility index (Phi) is 4.58. The fourth-order valence-corrected chi connectivity index (χ4v) is 5.48. The average molecular weight is 383 g/mol. The van der Waals surface area contributed by atoms with Crippen molar-refractivity contribution in [1.29, 1.82) is 0 Å². The predicted octanol–water partition coefficient (Wildman–Crippen LogP) is 4.27. The molecule has 2 amide bonds. The first-order valence-corrected chi connectivity index (χ1v) is 10.5. The molecule has 2 aromatic rings. The van der Waals surface area contributed by atoms with Crippen LogP contribution in [0.15, 0.2) is 42.5 Å². The lowest BCUT2D eigenvalue weighted by Crippen LogP contribution is -2.68. The highest BCUT2D eigenvalue weighted by atomic mass is 32.1. The molecule has 1 unspecified atom stereocenters. The zero-order chi connectivity index (χ0) is 19.2. The molecule has 0 N–H and O–H groups in total. The van der Waals surface area contributed by atoms with Gasteiger partial charge >= 0.3 is 0 Å². The van der Waals surface area contributed by atoms with Gasteiger partial charge in [-0.25, -0.2) is 0 Å². The maximum atomic E-state index is 13.1. The molecule has 2 saturated heterocycles. The highest BCUT2D eigenvalue weighted by molar-refractivity contribution is 7.13. The minimum atomic E-state index is -0.353. The summed E-state index contributed by atoms with van der Waals surface area (Å²) < 4.78 is 0. The largest absolute Gasteiger partial charge is 0.338 e. The fraction of sp³-hybridized carbons (Fsp3) is 0.455. The van der Waals surface area contributed by atoms with Crippen molar-refractivity contribution in [2.24, 2.45) is 5.41 Å². The van der Waals surface area contributed by atoms with Crippen molar-refractivity contribution in [2.75, 3.05) is 13.1 Å². The Labute approximate surface area is 164 Å². The number of hydrogen-bond donors (Lipinski definition) is 0. The van der Waals surface area contributed by atoms with Crippen LogP contribution in [-0.4, -0.2) is 40.7 Å². The van der Waals surface area contributed by atoms with Crippen molar-refractivity contribution in [1.82, 2.24) is 9.80 Å². The first-order valence-electron chi connectivity index (χ1n) is 9.67. The van der Waals surface area contributed by atoms with Gasteiger partial charge in [-0.1, -0.05) is 30.3 Å². The minimum Gasteiger partial charge on any atom is -0.338 e. The second kappa shape index (κ2) is 6.79. The highest BCUT2D eigenvalue weighted by Gasteiger charge is 2.62. The van der Waals surface area contributed by atoms with Crippen molar-refractivity contribution in [3.63, 3.8) is 0 Å². The van der Waals surface area contributed by atoms with Crippen molar-refractivity contribution >= 4 is 23.2 Å². The Balaban J connectivity index is 1.55. The molecule has 1 atom stereocenters. The van der Waals surface area contributed by atoms with Gasteiger partial charge in [-0.2, -0.15) is 0 Å². The highest BCUT2D eigenvalue weighted by Crippen LogP contribution is 2.56. The lowest BCUT2D eigenvalue weighted by Gasteiger charge is -2.60. The van der Waals surface area contributed by atoms with Gasteiger partial charge in [0.1, 0.15) is 0 Å². The van der Waals surface area contributed by atoms with E-state index in [1.807, 2.05) is 47.1 Å². The molecule has 2 aliphatic heterocycles. The van der Waals surface area contributed by atoms with E-state index < -0.39 is 0 Å². The van der Waals surface area contributed by atoms with Crippen LogP contribution >= 0.6 is 11.3 Å². The Morgan fingerprint density at radius 1 is 1.11 bits per heavy atom. The summed E-state index contributed by atoms with van der Waals surface area (Å²) in [5.74, 6) is 0.358. The molecular weight excluding hydrogens is 356 g/mol. The van der Waals surface area contributed by atoms with Crippen molar-refractivity contribution in [2.45, 2.75) is 45.7 Å². The van der Waals surface area contributed by atoms with Gasteiger partial charge in [0.15, 0.2) is 0 Å². The molecule has 142 valence electrons. The van der Waals surface area contributed by atoms with Crippen molar-refractivity contribution < 1.29 is 9.59 Å². The molecule has 1 aromatic carbocycles. The summed E-state index contributed by atoms with van der Waals surface area (Å²) in [6.45, 7) is 7.48. The first-order chi connectivity index (χ1) is 12.9. The number of carbonyl (C=O) groups excluding carboxylic acids is 2. The summed E-state index contributed by atoms with van der Waals surface area (Å²) in [6, 6.07) is 14.6. The Morgan fingerprint density at radius 3 is 2.33 bits per heavy atom. The van der Waals surface area contributed by atoms with Crippen LogP contribution in [0.4, 0.5) is 0 Å². The molecular formula is C22H26N2O2S. The van der Waals surface area contributed by atoms with Crippen LogP contribution in [0.1, 0.15) is 52.8 Å². The standard InChI is InChI=1S/C22H26N2O2S/c1-15(2)24-19(17-7-5-4-6-8-17)22(21(24)26)11-13-23(14-12-22)20(25)18-10-9-16(3)27-18/h4-10,15,19H,11-14H2,1-3H3. The second-order valence-electron chi connectivity index (χ2n) is 7.98. The van der Waals surface area contributed by atoms with E-state index in [0.717, 1.165) is 22.6 Å². The van der Waals surface area contributed by atoms with E-state index in [4.69, 9.17) is 0 Å². The third-order valence-electron chi connectivity index (χ3n) is 6.03. The molecule has 1 aromatic heterocycles. The number of β-lactam (4-membered cyclic amide) rings is 1. The van der Waals surface area contributed by atoms with Gasteiger partial charge in [0.05, 0.1) is 16.3 Å². The van der Waals surface area contributed by atoms with E-state index in [1.165, 1.54) is 5.56 Å². The maximum absolute atomic E-state index is 13.1. The number of carbonyl (C=O) groups is 2. The molecule has 0 aliphatic carbocycles. The van der Waals surface area contributed by atoms with Crippen LogP contribution in [0.3, 0.4) is 0 Å². The van der Waals surface area contributed by atoms with Crippen LogP contribution in [-0.2, 0) is 4.79 Å². The van der Waals surface area contributed by atoms with Crippen molar-refractivity contribution in [3.05, 3.63) is 57.8 Å². The smallest absolute Gasteiger partial charge is 0.263 e. The number of rotatable bonds is 3. The lowest BCUT2D eigenvalue weighted by molar-refractivity contribution is -0.184. The number of benzene rings is 1. The fourth-order valence-electron chi connectivity index (χ4n) is 4.64. The second-order valence-corrected chi connectivity index (χ2v) is 9.27. The topological polar surface area (TPSA) is 40.6 Å². The number of thiophene rings is 1. The van der Waals surface area contributed by atoms with Gasteiger partial charge in [0.25, 0.3) is 5.91 Å². The Morgan fingerprint density at radius 2 is 1.78 bits per heavy atom. The number of aryl methyl sites for hydroxylation is 1. The van der Waals surface area contributed by atoms with Gasteiger partial charge in [0.2, 0.25) is 5.91 Å². The zero-order valence-corrected chi connectivity index (χ0v) is 17.0. The predicted molar refractivity (Wildman–Crippen MR) is 108 cm³/mol. The van der Waals surface area contributed by atoms with Gasteiger partial charge in [-0.3, -0.25) is 9.59 Å². The number of nitrogens with zero attached hydrogens (tertiary/aromatic N) is 2. The summed E-state index contributed by atoms with van der Waals surface area (Å²) >= 11 is 1.55. The molecule has 0 saturated carbocycles. The Hall–Kier alpha value is -2.14.